The highest BCUT2D eigenvalue weighted by Crippen LogP contribution is 2.39. The van der Waals surface area contributed by atoms with Crippen LogP contribution in [0.5, 0.6) is 0 Å². The van der Waals surface area contributed by atoms with Crippen molar-refractivity contribution in [2.45, 2.75) is 38.1 Å². The summed E-state index contributed by atoms with van der Waals surface area (Å²) in [4.78, 5) is 34.9. The van der Waals surface area contributed by atoms with Crippen LogP contribution in [0.2, 0.25) is 0 Å². The van der Waals surface area contributed by atoms with Gasteiger partial charge in [0, 0.05) is 30.3 Å². The number of aromatic nitrogens is 4. The summed E-state index contributed by atoms with van der Waals surface area (Å²) < 4.78 is 1.62. The molecule has 1 unspecified atom stereocenters. The van der Waals surface area contributed by atoms with Gasteiger partial charge in [-0.25, -0.2) is 9.50 Å². The van der Waals surface area contributed by atoms with Gasteiger partial charge in [0.25, 0.3) is 0 Å². The van der Waals surface area contributed by atoms with E-state index >= 15 is 0 Å². The summed E-state index contributed by atoms with van der Waals surface area (Å²) >= 11 is 0. The standard InChI is InChI=1S/C20H22N8O2/c1-20(2)12-6-5-11(10-13(12)24-18(20)30)23-19-25-17-16(22-7-9-28(17)26-19)27-8-3-4-14(27)15(21)29/h5-7,9-10,14H,3-4,8H2,1-2H3,(H2,21,29)(H,23,26)(H,24,30). The predicted octanol–water partition coefficient (Wildman–Crippen LogP) is 1.55. The summed E-state index contributed by atoms with van der Waals surface area (Å²) in [6.45, 7) is 4.49. The number of benzene rings is 1. The van der Waals surface area contributed by atoms with E-state index < -0.39 is 5.41 Å². The van der Waals surface area contributed by atoms with E-state index in [1.54, 1.807) is 16.9 Å². The Bertz CT molecular complexity index is 1180. The van der Waals surface area contributed by atoms with E-state index in [9.17, 15) is 9.59 Å². The number of nitrogens with two attached hydrogens (primary N) is 1. The fourth-order valence-electron chi connectivity index (χ4n) is 4.18. The first-order valence-corrected chi connectivity index (χ1v) is 9.85. The molecule has 5 rings (SSSR count). The molecule has 3 aromatic rings. The lowest BCUT2D eigenvalue weighted by Gasteiger charge is -2.22. The molecule has 0 bridgehead atoms. The Morgan fingerprint density at radius 1 is 1.37 bits per heavy atom. The number of anilines is 4. The van der Waals surface area contributed by atoms with Crippen molar-refractivity contribution in [3.63, 3.8) is 0 Å². The average molecular weight is 406 g/mol. The van der Waals surface area contributed by atoms with Crippen LogP contribution in [0.15, 0.2) is 30.6 Å². The van der Waals surface area contributed by atoms with Crippen molar-refractivity contribution >= 4 is 40.6 Å². The van der Waals surface area contributed by atoms with Gasteiger partial charge in [-0.15, -0.1) is 5.10 Å². The van der Waals surface area contributed by atoms with E-state index in [0.717, 1.165) is 23.4 Å². The van der Waals surface area contributed by atoms with Crippen molar-refractivity contribution in [2.24, 2.45) is 5.73 Å². The highest BCUT2D eigenvalue weighted by atomic mass is 16.2. The molecule has 1 saturated heterocycles. The summed E-state index contributed by atoms with van der Waals surface area (Å²) in [5.41, 5.74) is 8.04. The van der Waals surface area contributed by atoms with Crippen molar-refractivity contribution in [3.05, 3.63) is 36.2 Å². The smallest absolute Gasteiger partial charge is 0.247 e. The zero-order valence-corrected chi connectivity index (χ0v) is 16.7. The number of nitrogens with one attached hydrogen (secondary N) is 2. The van der Waals surface area contributed by atoms with Crippen molar-refractivity contribution in [1.82, 2.24) is 19.6 Å². The second-order valence-corrected chi connectivity index (χ2v) is 8.17. The fourth-order valence-corrected chi connectivity index (χ4v) is 4.18. The summed E-state index contributed by atoms with van der Waals surface area (Å²) in [5.74, 6) is 0.591. The average Bonchev–Trinajstić information content (AvgIpc) is 3.38. The maximum Gasteiger partial charge on any atom is 0.247 e. The Labute approximate surface area is 172 Å². The number of primary amides is 1. The molecule has 1 atom stereocenters. The minimum Gasteiger partial charge on any atom is -0.368 e. The molecule has 10 heteroatoms. The molecule has 10 nitrogen and oxygen atoms in total. The molecule has 2 aromatic heterocycles. The number of fused-ring (bicyclic) bond motifs is 2. The number of hydrogen-bond donors (Lipinski definition) is 3. The zero-order valence-electron chi connectivity index (χ0n) is 16.7. The summed E-state index contributed by atoms with van der Waals surface area (Å²) in [6, 6.07) is 5.31. The van der Waals surface area contributed by atoms with E-state index in [-0.39, 0.29) is 17.9 Å². The number of carbonyl (C=O) groups is 2. The summed E-state index contributed by atoms with van der Waals surface area (Å²) in [7, 11) is 0. The molecule has 1 aromatic carbocycles. The van der Waals surface area contributed by atoms with Gasteiger partial charge in [-0.05, 0) is 44.4 Å². The Balaban J connectivity index is 1.47. The van der Waals surface area contributed by atoms with Crippen LogP contribution in [-0.4, -0.2) is 44.0 Å². The second kappa shape index (κ2) is 6.41. The largest absolute Gasteiger partial charge is 0.368 e. The Kier molecular flexibility index (Phi) is 3.92. The van der Waals surface area contributed by atoms with Crippen LogP contribution >= 0.6 is 0 Å². The molecular weight excluding hydrogens is 384 g/mol. The summed E-state index contributed by atoms with van der Waals surface area (Å²) in [6.07, 6.45) is 4.91. The minimum atomic E-state index is -0.553. The van der Waals surface area contributed by atoms with Crippen LogP contribution < -0.4 is 21.3 Å². The van der Waals surface area contributed by atoms with Gasteiger partial charge in [-0.2, -0.15) is 4.98 Å². The zero-order chi connectivity index (χ0) is 21.0. The third-order valence-electron chi connectivity index (χ3n) is 5.85. The van der Waals surface area contributed by atoms with Crippen LogP contribution in [0.3, 0.4) is 0 Å². The van der Waals surface area contributed by atoms with E-state index in [2.05, 4.69) is 25.7 Å². The van der Waals surface area contributed by atoms with Crippen LogP contribution in [0.4, 0.5) is 23.1 Å². The second-order valence-electron chi connectivity index (χ2n) is 8.17. The number of rotatable bonds is 4. The van der Waals surface area contributed by atoms with Gasteiger partial charge in [0.05, 0.1) is 5.41 Å². The molecule has 2 aliphatic rings. The topological polar surface area (TPSA) is 131 Å². The van der Waals surface area contributed by atoms with Crippen LogP contribution in [0.1, 0.15) is 32.3 Å². The maximum absolute atomic E-state index is 12.2. The molecule has 0 aliphatic carbocycles. The monoisotopic (exact) mass is 406 g/mol. The lowest BCUT2D eigenvalue weighted by atomic mass is 9.86. The molecular formula is C20H22N8O2. The number of nitrogens with zero attached hydrogens (tertiary/aromatic N) is 5. The van der Waals surface area contributed by atoms with Crippen molar-refractivity contribution < 1.29 is 9.59 Å². The van der Waals surface area contributed by atoms with Crippen molar-refractivity contribution in [2.75, 3.05) is 22.1 Å². The Hall–Kier alpha value is -3.69. The van der Waals surface area contributed by atoms with Crippen molar-refractivity contribution in [3.8, 4) is 0 Å². The molecule has 0 saturated carbocycles. The van der Waals surface area contributed by atoms with Gasteiger partial charge >= 0.3 is 0 Å². The Morgan fingerprint density at radius 3 is 3.00 bits per heavy atom. The fraction of sp³-hybridized carbons (Fsp3) is 0.350. The summed E-state index contributed by atoms with van der Waals surface area (Å²) in [5, 5.41) is 10.6. The lowest BCUT2D eigenvalue weighted by molar-refractivity contribution is -0.120. The van der Waals surface area contributed by atoms with Gasteiger partial charge in [0.15, 0.2) is 11.5 Å². The molecule has 4 heterocycles. The minimum absolute atomic E-state index is 0.0224. The number of hydrogen-bond acceptors (Lipinski definition) is 7. The van der Waals surface area contributed by atoms with Crippen LogP contribution in [0, 0.1) is 0 Å². The molecule has 2 amide bonds. The normalized spacial score (nSPS) is 19.7. The molecule has 0 spiro atoms. The third kappa shape index (κ3) is 2.75. The van der Waals surface area contributed by atoms with Gasteiger partial charge in [-0.1, -0.05) is 6.07 Å². The number of carbonyl (C=O) groups excluding carboxylic acids is 2. The van der Waals surface area contributed by atoms with Crippen molar-refractivity contribution in [1.29, 1.82) is 0 Å². The maximum atomic E-state index is 12.2. The SMILES string of the molecule is CC1(C)C(=O)Nc2cc(Nc3nc4c(N5CCCC5C(N)=O)nccn4n3)ccc21. The highest BCUT2D eigenvalue weighted by molar-refractivity contribution is 6.06. The molecule has 4 N–H and O–H groups in total. The van der Waals surface area contributed by atoms with Crippen LogP contribution in [0.25, 0.3) is 5.65 Å². The molecule has 30 heavy (non-hydrogen) atoms. The quantitative estimate of drug-likeness (QED) is 0.599. The van der Waals surface area contributed by atoms with E-state index in [1.165, 1.54) is 0 Å². The van der Waals surface area contributed by atoms with Crippen LogP contribution in [-0.2, 0) is 15.0 Å². The first-order chi connectivity index (χ1) is 14.3. The third-order valence-corrected chi connectivity index (χ3v) is 5.85. The first-order valence-electron chi connectivity index (χ1n) is 9.85. The lowest BCUT2D eigenvalue weighted by Crippen LogP contribution is -2.41. The van der Waals surface area contributed by atoms with E-state index in [1.807, 2.05) is 36.9 Å². The first kappa shape index (κ1) is 18.3. The highest BCUT2D eigenvalue weighted by Gasteiger charge is 2.38. The molecule has 2 aliphatic heterocycles. The molecule has 154 valence electrons. The van der Waals surface area contributed by atoms with Gasteiger partial charge < -0.3 is 21.3 Å². The predicted molar refractivity (Wildman–Crippen MR) is 112 cm³/mol. The number of amides is 2. The van der Waals surface area contributed by atoms with Gasteiger partial charge in [0.2, 0.25) is 17.8 Å². The molecule has 1 fully saturated rings. The Morgan fingerprint density at radius 2 is 2.20 bits per heavy atom. The van der Waals surface area contributed by atoms with Gasteiger partial charge in [-0.3, -0.25) is 9.59 Å². The van der Waals surface area contributed by atoms with E-state index in [4.69, 9.17) is 5.73 Å². The molecule has 0 radical (unpaired) electrons. The van der Waals surface area contributed by atoms with Gasteiger partial charge in [0.1, 0.15) is 6.04 Å². The van der Waals surface area contributed by atoms with E-state index in [0.29, 0.717) is 30.4 Å².